The van der Waals surface area contributed by atoms with E-state index in [1.54, 1.807) is 12.1 Å². The summed E-state index contributed by atoms with van der Waals surface area (Å²) in [6.07, 6.45) is 0.387. The number of benzene rings is 1. The molecule has 21 heavy (non-hydrogen) atoms. The highest BCUT2D eigenvalue weighted by molar-refractivity contribution is 5.27. The highest BCUT2D eigenvalue weighted by Gasteiger charge is 2.31. The predicted molar refractivity (Wildman–Crippen MR) is 77.9 cm³/mol. The maximum Gasteiger partial charge on any atom is 0.416 e. The largest absolute Gasteiger partial charge is 0.416 e. The molecule has 2 nitrogen and oxygen atoms in total. The van der Waals surface area contributed by atoms with Crippen molar-refractivity contribution in [3.63, 3.8) is 0 Å². The van der Waals surface area contributed by atoms with Crippen molar-refractivity contribution in [3.05, 3.63) is 35.4 Å². The summed E-state index contributed by atoms with van der Waals surface area (Å²) in [4.78, 5) is 2.34. The Labute approximate surface area is 124 Å². The molecule has 1 heterocycles. The van der Waals surface area contributed by atoms with Crippen LogP contribution in [0.5, 0.6) is 0 Å². The Balaban J connectivity index is 2.20. The molecule has 1 aromatic rings. The smallest absolute Gasteiger partial charge is 0.329 e. The molecule has 0 spiro atoms. The zero-order valence-electron chi connectivity index (χ0n) is 12.4. The molecule has 0 radical (unpaired) electrons. The summed E-state index contributed by atoms with van der Waals surface area (Å²) in [5.41, 5.74) is 6.18. The zero-order chi connectivity index (χ0) is 15.5. The number of hydrogen-bond donors (Lipinski definition) is 1. The second-order valence-electron chi connectivity index (χ2n) is 5.81. The van der Waals surface area contributed by atoms with E-state index in [0.29, 0.717) is 12.6 Å². The Bertz CT molecular complexity index is 442. The molecule has 1 saturated heterocycles. The van der Waals surface area contributed by atoms with Gasteiger partial charge in [-0.05, 0) is 44.0 Å². The number of rotatable bonds is 3. The van der Waals surface area contributed by atoms with Gasteiger partial charge in [-0.15, -0.1) is 0 Å². The molecule has 1 fully saturated rings. The van der Waals surface area contributed by atoms with Crippen molar-refractivity contribution in [2.75, 3.05) is 13.1 Å². The van der Waals surface area contributed by atoms with Gasteiger partial charge in [-0.25, -0.2) is 0 Å². The highest BCUT2D eigenvalue weighted by atomic mass is 19.4. The first kappa shape index (κ1) is 16.3. The van der Waals surface area contributed by atoms with E-state index < -0.39 is 11.7 Å². The van der Waals surface area contributed by atoms with Gasteiger partial charge in [-0.3, -0.25) is 4.90 Å². The Morgan fingerprint density at radius 1 is 1.19 bits per heavy atom. The van der Waals surface area contributed by atoms with Crippen molar-refractivity contribution in [1.82, 2.24) is 4.90 Å². The maximum absolute atomic E-state index is 12.6. The van der Waals surface area contributed by atoms with Crippen LogP contribution in [0, 0.1) is 0 Å². The van der Waals surface area contributed by atoms with E-state index >= 15 is 0 Å². The first-order valence-electron chi connectivity index (χ1n) is 7.56. The van der Waals surface area contributed by atoms with E-state index in [4.69, 9.17) is 5.73 Å². The second-order valence-corrected chi connectivity index (χ2v) is 5.81. The first-order valence-corrected chi connectivity index (χ1v) is 7.56. The summed E-state index contributed by atoms with van der Waals surface area (Å²) in [6, 6.07) is 5.86. The standard InChI is InChI=1S/C16H23F3N2/c1-12-5-3-2-4-10-21(12)15(11-20)13-6-8-14(9-7-13)16(17,18)19/h6-9,12,15H,2-5,10-11,20H2,1H3. The Hall–Kier alpha value is -1.07. The number of alkyl halides is 3. The lowest BCUT2D eigenvalue weighted by Crippen LogP contribution is -2.39. The second kappa shape index (κ2) is 6.79. The van der Waals surface area contributed by atoms with E-state index in [0.717, 1.165) is 37.1 Å². The van der Waals surface area contributed by atoms with Gasteiger partial charge < -0.3 is 5.73 Å². The van der Waals surface area contributed by atoms with Crippen molar-refractivity contribution in [1.29, 1.82) is 0 Å². The van der Waals surface area contributed by atoms with Gasteiger partial charge in [-0.1, -0.05) is 25.0 Å². The van der Waals surface area contributed by atoms with Gasteiger partial charge in [0.05, 0.1) is 5.56 Å². The quantitative estimate of drug-likeness (QED) is 0.915. The summed E-state index contributed by atoms with van der Waals surface area (Å²) in [7, 11) is 0. The number of hydrogen-bond acceptors (Lipinski definition) is 2. The normalized spacial score (nSPS) is 22.8. The first-order chi connectivity index (χ1) is 9.93. The summed E-state index contributed by atoms with van der Waals surface area (Å²) in [5.74, 6) is 0. The van der Waals surface area contributed by atoms with Crippen molar-refractivity contribution < 1.29 is 13.2 Å². The minimum absolute atomic E-state index is 0.000355. The van der Waals surface area contributed by atoms with Crippen molar-refractivity contribution >= 4 is 0 Å². The molecule has 2 rings (SSSR count). The van der Waals surface area contributed by atoms with Gasteiger partial charge in [0.1, 0.15) is 0 Å². The highest BCUT2D eigenvalue weighted by Crippen LogP contribution is 2.32. The fourth-order valence-electron chi connectivity index (χ4n) is 3.12. The SMILES string of the molecule is CC1CCCCCN1C(CN)c1ccc(C(F)(F)F)cc1. The predicted octanol–water partition coefficient (Wildman–Crippen LogP) is 3.97. The lowest BCUT2D eigenvalue weighted by molar-refractivity contribution is -0.137. The van der Waals surface area contributed by atoms with Gasteiger partial charge in [0.15, 0.2) is 0 Å². The minimum atomic E-state index is -4.29. The Morgan fingerprint density at radius 3 is 2.43 bits per heavy atom. The van der Waals surface area contributed by atoms with Crippen LogP contribution in [0.3, 0.4) is 0 Å². The number of likely N-dealkylation sites (tertiary alicyclic amines) is 1. The summed E-state index contributed by atoms with van der Waals surface area (Å²) in [5, 5.41) is 0. The summed E-state index contributed by atoms with van der Waals surface area (Å²) in [6.45, 7) is 3.57. The molecule has 5 heteroatoms. The lowest BCUT2D eigenvalue weighted by Gasteiger charge is -2.35. The number of nitrogens with two attached hydrogens (primary N) is 1. The molecule has 0 aliphatic carbocycles. The molecule has 0 amide bonds. The van der Waals surface area contributed by atoms with Gasteiger partial charge in [0, 0.05) is 18.6 Å². The van der Waals surface area contributed by atoms with E-state index in [1.165, 1.54) is 12.8 Å². The molecule has 2 N–H and O–H groups in total. The van der Waals surface area contributed by atoms with Crippen LogP contribution in [0.15, 0.2) is 24.3 Å². The van der Waals surface area contributed by atoms with Crippen LogP contribution >= 0.6 is 0 Å². The van der Waals surface area contributed by atoms with Gasteiger partial charge in [0.25, 0.3) is 0 Å². The van der Waals surface area contributed by atoms with Crippen molar-refractivity contribution in [3.8, 4) is 0 Å². The molecule has 1 aliphatic heterocycles. The van der Waals surface area contributed by atoms with Crippen LogP contribution < -0.4 is 5.73 Å². The zero-order valence-corrected chi connectivity index (χ0v) is 12.4. The molecule has 2 atom stereocenters. The van der Waals surface area contributed by atoms with E-state index in [9.17, 15) is 13.2 Å². The van der Waals surface area contributed by atoms with Crippen LogP contribution in [0.1, 0.15) is 49.8 Å². The van der Waals surface area contributed by atoms with Crippen LogP contribution in [0.4, 0.5) is 13.2 Å². The van der Waals surface area contributed by atoms with Crippen LogP contribution in [0.2, 0.25) is 0 Å². The Kier molecular flexibility index (Phi) is 5.27. The average molecular weight is 300 g/mol. The van der Waals surface area contributed by atoms with E-state index in [-0.39, 0.29) is 6.04 Å². The third kappa shape index (κ3) is 3.98. The number of nitrogens with zero attached hydrogens (tertiary/aromatic N) is 1. The van der Waals surface area contributed by atoms with Crippen molar-refractivity contribution in [2.24, 2.45) is 5.73 Å². The summed E-state index contributed by atoms with van der Waals surface area (Å²) < 4.78 is 37.9. The molecular formula is C16H23F3N2. The van der Waals surface area contributed by atoms with Gasteiger partial charge >= 0.3 is 6.18 Å². The fourth-order valence-corrected chi connectivity index (χ4v) is 3.12. The summed E-state index contributed by atoms with van der Waals surface area (Å²) >= 11 is 0. The third-order valence-corrected chi connectivity index (χ3v) is 4.35. The topological polar surface area (TPSA) is 29.3 Å². The van der Waals surface area contributed by atoms with Crippen LogP contribution in [-0.2, 0) is 6.18 Å². The van der Waals surface area contributed by atoms with E-state index in [2.05, 4.69) is 11.8 Å². The Morgan fingerprint density at radius 2 is 1.86 bits per heavy atom. The molecule has 1 aromatic carbocycles. The fraction of sp³-hybridized carbons (Fsp3) is 0.625. The van der Waals surface area contributed by atoms with Gasteiger partial charge in [-0.2, -0.15) is 13.2 Å². The maximum atomic E-state index is 12.6. The number of halogens is 3. The molecular weight excluding hydrogens is 277 g/mol. The molecule has 0 saturated carbocycles. The average Bonchev–Trinajstić information content (AvgIpc) is 2.65. The van der Waals surface area contributed by atoms with Gasteiger partial charge in [0.2, 0.25) is 0 Å². The molecule has 2 unspecified atom stereocenters. The van der Waals surface area contributed by atoms with Crippen LogP contribution in [-0.4, -0.2) is 24.0 Å². The molecule has 0 bridgehead atoms. The third-order valence-electron chi connectivity index (χ3n) is 4.35. The van der Waals surface area contributed by atoms with Crippen LogP contribution in [0.25, 0.3) is 0 Å². The molecule has 118 valence electrons. The molecule has 1 aliphatic rings. The minimum Gasteiger partial charge on any atom is -0.329 e. The molecule has 0 aromatic heterocycles. The monoisotopic (exact) mass is 300 g/mol. The lowest BCUT2D eigenvalue weighted by atomic mass is 10.0. The van der Waals surface area contributed by atoms with Crippen molar-refractivity contribution in [2.45, 2.75) is 50.9 Å². The van der Waals surface area contributed by atoms with E-state index in [1.807, 2.05) is 0 Å².